The van der Waals surface area contributed by atoms with Gasteiger partial charge in [0.1, 0.15) is 12.8 Å². The van der Waals surface area contributed by atoms with E-state index in [1.807, 2.05) is 34.9 Å². The molecule has 2 aromatic rings. The Hall–Kier alpha value is -2.45. The summed E-state index contributed by atoms with van der Waals surface area (Å²) in [4.78, 5) is 28.4. The predicted molar refractivity (Wildman–Crippen MR) is 115 cm³/mol. The number of carbonyl (C=O) groups excluding carboxylic acids is 2. The first kappa shape index (κ1) is 22.8. The highest BCUT2D eigenvalue weighted by molar-refractivity contribution is 6.76. The average molecular weight is 418 g/mol. The van der Waals surface area contributed by atoms with Crippen LogP contribution in [0.1, 0.15) is 12.6 Å². The minimum absolute atomic E-state index is 0.258. The number of methoxy groups -OCH3 is 1. The van der Waals surface area contributed by atoms with Crippen molar-refractivity contribution in [3.05, 3.63) is 42.4 Å². The Kier molecular flexibility index (Phi) is 8.16. The summed E-state index contributed by atoms with van der Waals surface area (Å²) in [5.41, 5.74) is 2.52. The molecule has 0 unspecified atom stereocenters. The van der Waals surface area contributed by atoms with Crippen LogP contribution < -0.4 is 5.32 Å². The second kappa shape index (κ2) is 10.4. The molecule has 29 heavy (non-hydrogen) atoms. The van der Waals surface area contributed by atoms with Gasteiger partial charge in [0.05, 0.1) is 24.8 Å². The summed E-state index contributed by atoms with van der Waals surface area (Å²) in [5.74, 6) is -0.786. The van der Waals surface area contributed by atoms with Gasteiger partial charge in [-0.3, -0.25) is 4.79 Å². The zero-order valence-corrected chi connectivity index (χ0v) is 18.9. The molecule has 1 heterocycles. The van der Waals surface area contributed by atoms with E-state index < -0.39 is 20.1 Å². The highest BCUT2D eigenvalue weighted by Crippen LogP contribution is 2.24. The zero-order valence-electron chi connectivity index (χ0n) is 17.9. The predicted octanol–water partition coefficient (Wildman–Crippen LogP) is 3.08. The number of esters is 1. The molecule has 1 N–H and O–H groups in total. The summed E-state index contributed by atoms with van der Waals surface area (Å²) in [6, 6.07) is 10.0. The quantitative estimate of drug-likeness (QED) is 0.365. The summed E-state index contributed by atoms with van der Waals surface area (Å²) >= 11 is 0. The summed E-state index contributed by atoms with van der Waals surface area (Å²) in [6.45, 7) is 9.32. The van der Waals surface area contributed by atoms with Crippen LogP contribution in [0.3, 0.4) is 0 Å². The first-order chi connectivity index (χ1) is 13.7. The summed E-state index contributed by atoms with van der Waals surface area (Å²) in [6.07, 6.45) is 1.97. The zero-order chi connectivity index (χ0) is 21.4. The molecule has 0 bridgehead atoms. The van der Waals surface area contributed by atoms with Gasteiger partial charge in [-0.15, -0.1) is 0 Å². The number of ether oxygens (including phenoxy) is 2. The van der Waals surface area contributed by atoms with Crippen molar-refractivity contribution in [2.75, 3.05) is 13.7 Å². The largest absolute Gasteiger partial charge is 0.467 e. The van der Waals surface area contributed by atoms with Gasteiger partial charge in [0.2, 0.25) is 5.91 Å². The Morgan fingerprint density at radius 2 is 1.90 bits per heavy atom. The highest BCUT2D eigenvalue weighted by Gasteiger charge is 2.25. The number of hydrogen-bond acceptors (Lipinski definition) is 5. The molecule has 1 aromatic carbocycles. The van der Waals surface area contributed by atoms with E-state index >= 15 is 0 Å². The van der Waals surface area contributed by atoms with Crippen molar-refractivity contribution in [2.24, 2.45) is 0 Å². The van der Waals surface area contributed by atoms with Crippen molar-refractivity contribution < 1.29 is 19.1 Å². The molecule has 0 saturated heterocycles. The van der Waals surface area contributed by atoms with Crippen molar-refractivity contribution in [1.82, 2.24) is 14.9 Å². The van der Waals surface area contributed by atoms with E-state index in [1.165, 1.54) is 14.0 Å². The molecule has 0 aliphatic heterocycles. The average Bonchev–Trinajstić information content (AvgIpc) is 3.06. The molecule has 0 aliphatic carbocycles. The van der Waals surface area contributed by atoms with Gasteiger partial charge in [-0.1, -0.05) is 50.0 Å². The molecule has 0 radical (unpaired) electrons. The van der Waals surface area contributed by atoms with Crippen molar-refractivity contribution in [3.63, 3.8) is 0 Å². The van der Waals surface area contributed by atoms with Crippen molar-refractivity contribution in [3.8, 4) is 11.3 Å². The van der Waals surface area contributed by atoms with Gasteiger partial charge < -0.3 is 19.4 Å². The second-order valence-corrected chi connectivity index (χ2v) is 13.8. The van der Waals surface area contributed by atoms with E-state index in [4.69, 9.17) is 9.47 Å². The van der Waals surface area contributed by atoms with E-state index in [0.717, 1.165) is 23.0 Å². The molecule has 0 aliphatic rings. The van der Waals surface area contributed by atoms with Gasteiger partial charge in [0, 0.05) is 33.6 Å². The van der Waals surface area contributed by atoms with Gasteiger partial charge >= 0.3 is 5.97 Å². The monoisotopic (exact) mass is 417 g/mol. The van der Waals surface area contributed by atoms with Crippen LogP contribution in [0.25, 0.3) is 11.3 Å². The first-order valence-electron chi connectivity index (χ1n) is 9.73. The third-order valence-electron chi connectivity index (χ3n) is 4.48. The second-order valence-electron chi connectivity index (χ2n) is 8.20. The fraction of sp³-hybridized carbons (Fsp3) is 0.476. The topological polar surface area (TPSA) is 82.4 Å². The lowest BCUT2D eigenvalue weighted by Gasteiger charge is -2.19. The van der Waals surface area contributed by atoms with E-state index in [9.17, 15) is 9.59 Å². The molecule has 8 heteroatoms. The normalized spacial score (nSPS) is 12.4. The van der Waals surface area contributed by atoms with E-state index in [-0.39, 0.29) is 12.3 Å². The Balaban J connectivity index is 2.28. The number of rotatable bonds is 10. The SMILES string of the molecule is COC(=O)[C@H](Cc1c(-c2ccccc2)ncn1COCC[Si](C)(C)C)NC(C)=O. The number of benzene rings is 1. The van der Waals surface area contributed by atoms with Crippen LogP contribution in [-0.2, 0) is 32.2 Å². The summed E-state index contributed by atoms with van der Waals surface area (Å²) in [5, 5.41) is 2.67. The lowest BCUT2D eigenvalue weighted by atomic mass is 10.0. The molecule has 7 nitrogen and oxygen atoms in total. The Morgan fingerprint density at radius 1 is 1.21 bits per heavy atom. The number of nitrogens with zero attached hydrogens (tertiary/aromatic N) is 2. The van der Waals surface area contributed by atoms with Crippen molar-refractivity contribution in [2.45, 2.75) is 51.8 Å². The molecule has 0 saturated carbocycles. The molecule has 158 valence electrons. The lowest BCUT2D eigenvalue weighted by molar-refractivity contribution is -0.144. The van der Waals surface area contributed by atoms with Crippen molar-refractivity contribution in [1.29, 1.82) is 0 Å². The van der Waals surface area contributed by atoms with Crippen LogP contribution in [0.5, 0.6) is 0 Å². The standard InChI is InChI=1S/C21H31N3O4Si/c1-16(25)23-18(21(26)27-2)13-19-20(17-9-7-6-8-10-17)22-14-24(19)15-28-11-12-29(3,4)5/h6-10,14,18H,11-13,15H2,1-5H3,(H,23,25)/t18-/m0/s1. The Labute approximate surface area is 173 Å². The summed E-state index contributed by atoms with van der Waals surface area (Å²) in [7, 11) is 0.132. The minimum Gasteiger partial charge on any atom is -0.467 e. The number of amides is 1. The van der Waals surface area contributed by atoms with Crippen molar-refractivity contribution >= 4 is 20.0 Å². The van der Waals surface area contributed by atoms with Gasteiger partial charge in [-0.25, -0.2) is 9.78 Å². The Bertz CT molecular complexity index is 815. The maximum atomic E-state index is 12.2. The highest BCUT2D eigenvalue weighted by atomic mass is 28.3. The smallest absolute Gasteiger partial charge is 0.328 e. The van der Waals surface area contributed by atoms with E-state index in [1.54, 1.807) is 6.33 Å². The number of nitrogens with one attached hydrogen (secondary N) is 1. The van der Waals surface area contributed by atoms with Crippen LogP contribution in [0.15, 0.2) is 36.7 Å². The summed E-state index contributed by atoms with van der Waals surface area (Å²) < 4.78 is 12.7. The maximum Gasteiger partial charge on any atom is 0.328 e. The molecular formula is C21H31N3O4Si. The van der Waals surface area contributed by atoms with Gasteiger partial charge in [-0.2, -0.15) is 0 Å². The van der Waals surface area contributed by atoms with Gasteiger partial charge in [-0.05, 0) is 6.04 Å². The molecule has 1 atom stereocenters. The number of aromatic nitrogens is 2. The van der Waals surface area contributed by atoms with E-state index in [0.29, 0.717) is 13.3 Å². The molecule has 0 fully saturated rings. The van der Waals surface area contributed by atoms with Crippen LogP contribution in [0.2, 0.25) is 25.7 Å². The van der Waals surface area contributed by atoms with Crippen LogP contribution in [0.4, 0.5) is 0 Å². The van der Waals surface area contributed by atoms with Crippen LogP contribution in [0, 0.1) is 0 Å². The first-order valence-corrected chi connectivity index (χ1v) is 13.4. The minimum atomic E-state index is -1.18. The maximum absolute atomic E-state index is 12.2. The van der Waals surface area contributed by atoms with Crippen LogP contribution in [-0.4, -0.2) is 49.3 Å². The fourth-order valence-corrected chi connectivity index (χ4v) is 3.64. The number of imidazole rings is 1. The van der Waals surface area contributed by atoms with E-state index in [2.05, 4.69) is 29.9 Å². The fourth-order valence-electron chi connectivity index (χ4n) is 2.89. The van der Waals surface area contributed by atoms with Crippen LogP contribution >= 0.6 is 0 Å². The molecular weight excluding hydrogens is 386 g/mol. The third kappa shape index (κ3) is 7.14. The molecule has 1 amide bonds. The molecule has 2 rings (SSSR count). The van der Waals surface area contributed by atoms with Gasteiger partial charge in [0.25, 0.3) is 0 Å². The molecule has 0 spiro atoms. The number of carbonyl (C=O) groups is 2. The molecule has 1 aromatic heterocycles. The third-order valence-corrected chi connectivity index (χ3v) is 6.19. The Morgan fingerprint density at radius 3 is 2.48 bits per heavy atom. The van der Waals surface area contributed by atoms with Gasteiger partial charge in [0.15, 0.2) is 0 Å². The lowest BCUT2D eigenvalue weighted by Crippen LogP contribution is -2.42. The number of hydrogen-bond donors (Lipinski definition) is 1.